The molecule has 0 spiro atoms. The van der Waals surface area contributed by atoms with Gasteiger partial charge in [0.05, 0.1) is 16.5 Å². The van der Waals surface area contributed by atoms with Crippen LogP contribution in [-0.2, 0) is 0 Å². The molecule has 5 nitrogen and oxygen atoms in total. The topological polar surface area (TPSA) is 68.0 Å². The van der Waals surface area contributed by atoms with E-state index in [-0.39, 0.29) is 10.8 Å². The Kier molecular flexibility index (Phi) is 7.28. The largest absolute Gasteiger partial charge is 0.478 e. The van der Waals surface area contributed by atoms with Crippen LogP contribution in [0.3, 0.4) is 0 Å². The molecule has 1 N–H and O–H groups in total. The molecule has 0 fully saturated rings. The van der Waals surface area contributed by atoms with E-state index in [1.54, 1.807) is 28.8 Å². The van der Waals surface area contributed by atoms with Crippen LogP contribution in [0.1, 0.15) is 26.7 Å². The molecule has 37 heavy (non-hydrogen) atoms. The number of aromatic carboxylic acids is 1. The SMILES string of the molecule is O=C(O)c1cccc(-n2c(SC(c3ccc(Cl)cc3)c3ccc(Cl)cc3)nnc2-c2cccc(F)c2)c1. The highest BCUT2D eigenvalue weighted by molar-refractivity contribution is 7.99. The highest BCUT2D eigenvalue weighted by atomic mass is 35.5. The molecule has 0 unspecified atom stereocenters. The second-order valence-electron chi connectivity index (χ2n) is 8.11. The monoisotopic (exact) mass is 549 g/mol. The van der Waals surface area contributed by atoms with Gasteiger partial charge in [-0.1, -0.05) is 77.4 Å². The molecule has 0 radical (unpaired) electrons. The maximum absolute atomic E-state index is 14.1. The Morgan fingerprint density at radius 2 is 1.46 bits per heavy atom. The number of thioether (sulfide) groups is 1. The Labute approximate surface area is 226 Å². The van der Waals surface area contributed by atoms with Crippen LogP contribution in [0, 0.1) is 5.82 Å². The average Bonchev–Trinajstić information content (AvgIpc) is 3.32. The molecule has 9 heteroatoms. The number of carboxylic acid groups (broad SMARTS) is 1. The van der Waals surface area contributed by atoms with Gasteiger partial charge in [-0.25, -0.2) is 9.18 Å². The smallest absolute Gasteiger partial charge is 0.335 e. The lowest BCUT2D eigenvalue weighted by Crippen LogP contribution is -2.05. The predicted molar refractivity (Wildman–Crippen MR) is 144 cm³/mol. The molecule has 0 aliphatic heterocycles. The predicted octanol–water partition coefficient (Wildman–Crippen LogP) is 7.96. The summed E-state index contributed by atoms with van der Waals surface area (Å²) in [5.41, 5.74) is 3.10. The number of rotatable bonds is 7. The van der Waals surface area contributed by atoms with Crippen molar-refractivity contribution in [2.75, 3.05) is 0 Å². The molecule has 0 saturated heterocycles. The van der Waals surface area contributed by atoms with E-state index >= 15 is 0 Å². The van der Waals surface area contributed by atoms with Gasteiger partial charge in [-0.05, 0) is 65.7 Å². The van der Waals surface area contributed by atoms with Crippen molar-refractivity contribution in [2.24, 2.45) is 0 Å². The second-order valence-corrected chi connectivity index (χ2v) is 10.1. The number of hydrogen-bond donors (Lipinski definition) is 1. The summed E-state index contributed by atoms with van der Waals surface area (Å²) in [6.45, 7) is 0. The van der Waals surface area contributed by atoms with Gasteiger partial charge in [0.1, 0.15) is 5.82 Å². The van der Waals surface area contributed by atoms with Gasteiger partial charge in [-0.15, -0.1) is 10.2 Å². The minimum Gasteiger partial charge on any atom is -0.478 e. The minimum atomic E-state index is -1.06. The third-order valence-corrected chi connectivity index (χ3v) is 7.40. The average molecular weight is 550 g/mol. The first-order valence-electron chi connectivity index (χ1n) is 11.1. The molecule has 5 aromatic rings. The third-order valence-electron chi connectivity index (χ3n) is 5.64. The summed E-state index contributed by atoms with van der Waals surface area (Å²) in [7, 11) is 0. The fourth-order valence-electron chi connectivity index (χ4n) is 3.88. The van der Waals surface area contributed by atoms with Gasteiger partial charge >= 0.3 is 5.97 Å². The van der Waals surface area contributed by atoms with Gasteiger partial charge in [-0.2, -0.15) is 0 Å². The van der Waals surface area contributed by atoms with Gasteiger partial charge < -0.3 is 5.11 Å². The van der Waals surface area contributed by atoms with Crippen molar-refractivity contribution in [3.63, 3.8) is 0 Å². The summed E-state index contributed by atoms with van der Waals surface area (Å²) in [5, 5.41) is 19.9. The van der Waals surface area contributed by atoms with Crippen LogP contribution in [0.25, 0.3) is 17.1 Å². The van der Waals surface area contributed by atoms with Crippen molar-refractivity contribution >= 4 is 40.9 Å². The zero-order valence-corrected chi connectivity index (χ0v) is 21.4. The molecule has 0 amide bonds. The lowest BCUT2D eigenvalue weighted by Gasteiger charge is -2.19. The van der Waals surface area contributed by atoms with Gasteiger partial charge in [-0.3, -0.25) is 4.57 Å². The number of benzene rings is 4. The molecule has 1 aromatic heterocycles. The maximum atomic E-state index is 14.1. The molecule has 5 rings (SSSR count). The summed E-state index contributed by atoms with van der Waals surface area (Å²) < 4.78 is 15.9. The number of carboxylic acids is 1. The van der Waals surface area contributed by atoms with E-state index in [2.05, 4.69) is 10.2 Å². The van der Waals surface area contributed by atoms with Crippen molar-refractivity contribution in [1.29, 1.82) is 0 Å². The lowest BCUT2D eigenvalue weighted by molar-refractivity contribution is 0.0697. The molecule has 0 bridgehead atoms. The summed E-state index contributed by atoms with van der Waals surface area (Å²) in [5.74, 6) is -1.09. The Morgan fingerprint density at radius 1 is 0.838 bits per heavy atom. The van der Waals surface area contributed by atoms with Crippen LogP contribution in [0.4, 0.5) is 4.39 Å². The van der Waals surface area contributed by atoms with Crippen LogP contribution in [0.5, 0.6) is 0 Å². The van der Waals surface area contributed by atoms with E-state index in [0.29, 0.717) is 32.3 Å². The van der Waals surface area contributed by atoms with Crippen LogP contribution in [0.15, 0.2) is 102 Å². The molecule has 1 heterocycles. The number of halogens is 3. The van der Waals surface area contributed by atoms with E-state index in [1.807, 2.05) is 48.5 Å². The molecule has 0 saturated carbocycles. The summed E-state index contributed by atoms with van der Waals surface area (Å²) in [6, 6.07) is 27.5. The summed E-state index contributed by atoms with van der Waals surface area (Å²) in [4.78, 5) is 11.7. The molecule has 0 aliphatic carbocycles. The zero-order valence-electron chi connectivity index (χ0n) is 19.1. The van der Waals surface area contributed by atoms with Crippen LogP contribution >= 0.6 is 35.0 Å². The standard InChI is InChI=1S/C28H18Cl2FN3O2S/c29-21-11-7-17(8-12-21)25(18-9-13-22(30)14-10-18)37-28-33-32-26(19-3-1-5-23(31)15-19)34(28)24-6-2-4-20(16-24)27(35)36/h1-16,25H,(H,35,36). The lowest BCUT2D eigenvalue weighted by atomic mass is 10.0. The molecule has 0 aliphatic rings. The van der Waals surface area contributed by atoms with Crippen LogP contribution in [0.2, 0.25) is 10.0 Å². The van der Waals surface area contributed by atoms with Gasteiger partial charge in [0.15, 0.2) is 11.0 Å². The highest BCUT2D eigenvalue weighted by Crippen LogP contribution is 2.42. The normalized spacial score (nSPS) is 11.1. The maximum Gasteiger partial charge on any atom is 0.335 e. The fraction of sp³-hybridized carbons (Fsp3) is 0.0357. The van der Waals surface area contributed by atoms with Crippen molar-refractivity contribution in [3.05, 3.63) is 130 Å². The fourth-order valence-corrected chi connectivity index (χ4v) is 5.32. The van der Waals surface area contributed by atoms with E-state index in [9.17, 15) is 14.3 Å². The van der Waals surface area contributed by atoms with Crippen molar-refractivity contribution in [1.82, 2.24) is 14.8 Å². The van der Waals surface area contributed by atoms with Gasteiger partial charge in [0.25, 0.3) is 0 Å². The first-order valence-corrected chi connectivity index (χ1v) is 12.8. The zero-order chi connectivity index (χ0) is 25.9. The Balaban J connectivity index is 1.67. The van der Waals surface area contributed by atoms with Gasteiger partial charge in [0, 0.05) is 15.6 Å². The Morgan fingerprint density at radius 3 is 2.05 bits per heavy atom. The molecular formula is C28H18Cl2FN3O2S. The molecule has 184 valence electrons. The highest BCUT2D eigenvalue weighted by Gasteiger charge is 2.23. The van der Waals surface area contributed by atoms with Crippen LogP contribution < -0.4 is 0 Å². The van der Waals surface area contributed by atoms with E-state index in [1.165, 1.54) is 36.0 Å². The number of carbonyl (C=O) groups is 1. The number of nitrogens with zero attached hydrogens (tertiary/aromatic N) is 3. The minimum absolute atomic E-state index is 0.110. The number of aromatic nitrogens is 3. The second kappa shape index (κ2) is 10.8. The molecule has 4 aromatic carbocycles. The Bertz CT molecular complexity index is 1530. The van der Waals surface area contributed by atoms with Crippen molar-refractivity contribution < 1.29 is 14.3 Å². The Hall–Kier alpha value is -3.65. The summed E-state index contributed by atoms with van der Waals surface area (Å²) in [6.07, 6.45) is 0. The van der Waals surface area contributed by atoms with E-state index in [0.717, 1.165) is 11.1 Å². The van der Waals surface area contributed by atoms with Crippen LogP contribution in [-0.4, -0.2) is 25.8 Å². The first-order chi connectivity index (χ1) is 17.9. The quantitative estimate of drug-likeness (QED) is 0.208. The third kappa shape index (κ3) is 5.54. The first kappa shape index (κ1) is 25.0. The van der Waals surface area contributed by atoms with E-state index in [4.69, 9.17) is 23.2 Å². The van der Waals surface area contributed by atoms with Crippen molar-refractivity contribution in [3.8, 4) is 17.1 Å². The number of hydrogen-bond acceptors (Lipinski definition) is 4. The van der Waals surface area contributed by atoms with Gasteiger partial charge in [0.2, 0.25) is 0 Å². The molecule has 0 atom stereocenters. The van der Waals surface area contributed by atoms with E-state index < -0.39 is 11.8 Å². The summed E-state index contributed by atoms with van der Waals surface area (Å²) >= 11 is 13.7. The molecular weight excluding hydrogens is 532 g/mol. The van der Waals surface area contributed by atoms with Crippen molar-refractivity contribution in [2.45, 2.75) is 10.4 Å².